The monoisotopic (exact) mass is 329 g/mol. The Morgan fingerprint density at radius 1 is 1.47 bits per heavy atom. The third kappa shape index (κ3) is 3.56. The van der Waals surface area contributed by atoms with Crippen LogP contribution in [0.2, 0.25) is 0 Å². The Hall–Kier alpha value is -0.450. The number of nitrogens with one attached hydrogen (secondary N) is 1. The summed E-state index contributed by atoms with van der Waals surface area (Å²) in [6, 6.07) is 5.16. The molecule has 0 aromatic heterocycles. The van der Waals surface area contributed by atoms with E-state index in [0.29, 0.717) is 6.04 Å². The van der Waals surface area contributed by atoms with Crippen LogP contribution in [0, 0.1) is 5.82 Å². The fourth-order valence-corrected chi connectivity index (χ4v) is 3.16. The molecule has 1 aromatic carbocycles. The lowest BCUT2D eigenvalue weighted by Crippen LogP contribution is -2.45. The molecule has 0 saturated heterocycles. The molecule has 19 heavy (non-hydrogen) atoms. The summed E-state index contributed by atoms with van der Waals surface area (Å²) in [6.07, 6.45) is 5.29. The molecule has 0 bridgehead atoms. The number of hydrogen-bond donors (Lipinski definition) is 1. The third-order valence-electron chi connectivity index (χ3n) is 4.20. The lowest BCUT2D eigenvalue weighted by Gasteiger charge is -2.43. The first-order chi connectivity index (χ1) is 9.08. The lowest BCUT2D eigenvalue weighted by atomic mass is 9.75. The molecule has 2 nitrogen and oxygen atoms in total. The molecule has 1 aliphatic carbocycles. The number of rotatable bonds is 6. The van der Waals surface area contributed by atoms with Gasteiger partial charge in [-0.1, -0.05) is 15.9 Å². The SMILES string of the molecule is CNC(Cc1cc(F)ccc1Br)CC1(OC)CCC1. The maximum absolute atomic E-state index is 13.3. The molecule has 0 amide bonds. The van der Waals surface area contributed by atoms with Gasteiger partial charge >= 0.3 is 0 Å². The average Bonchev–Trinajstić information content (AvgIpc) is 2.36. The summed E-state index contributed by atoms with van der Waals surface area (Å²) >= 11 is 3.49. The van der Waals surface area contributed by atoms with Gasteiger partial charge in [-0.15, -0.1) is 0 Å². The molecule has 1 N–H and O–H groups in total. The second-order valence-electron chi connectivity index (χ2n) is 5.37. The first kappa shape index (κ1) is 14.9. The topological polar surface area (TPSA) is 21.3 Å². The summed E-state index contributed by atoms with van der Waals surface area (Å²) in [5.41, 5.74) is 1.04. The Morgan fingerprint density at radius 3 is 2.74 bits per heavy atom. The van der Waals surface area contributed by atoms with Crippen LogP contribution in [0.15, 0.2) is 22.7 Å². The highest BCUT2D eigenvalue weighted by Crippen LogP contribution is 2.39. The predicted octanol–water partition coefficient (Wildman–Crippen LogP) is 3.68. The van der Waals surface area contributed by atoms with Crippen molar-refractivity contribution in [1.29, 1.82) is 0 Å². The number of likely N-dealkylation sites (N-methyl/N-ethyl adjacent to an activating group) is 1. The van der Waals surface area contributed by atoms with Crippen LogP contribution in [-0.4, -0.2) is 25.8 Å². The molecule has 1 fully saturated rings. The zero-order chi connectivity index (χ0) is 13.9. The van der Waals surface area contributed by atoms with Gasteiger partial charge in [0.25, 0.3) is 0 Å². The Morgan fingerprint density at radius 2 is 2.21 bits per heavy atom. The summed E-state index contributed by atoms with van der Waals surface area (Å²) in [6.45, 7) is 0. The molecule has 1 aliphatic rings. The first-order valence-corrected chi connectivity index (χ1v) is 7.54. The van der Waals surface area contributed by atoms with Gasteiger partial charge in [-0.25, -0.2) is 4.39 Å². The molecule has 1 saturated carbocycles. The van der Waals surface area contributed by atoms with Crippen LogP contribution in [0.25, 0.3) is 0 Å². The summed E-state index contributed by atoms with van der Waals surface area (Å²) in [7, 11) is 3.75. The summed E-state index contributed by atoms with van der Waals surface area (Å²) < 4.78 is 20.0. The normalized spacial score (nSPS) is 18.9. The summed E-state index contributed by atoms with van der Waals surface area (Å²) in [5.74, 6) is -0.182. The van der Waals surface area contributed by atoms with Gasteiger partial charge in [0, 0.05) is 17.6 Å². The number of halogens is 2. The number of ether oxygens (including phenoxy) is 1. The van der Waals surface area contributed by atoms with E-state index in [4.69, 9.17) is 4.74 Å². The fraction of sp³-hybridized carbons (Fsp3) is 0.600. The molecule has 1 aromatic rings. The van der Waals surface area contributed by atoms with E-state index in [0.717, 1.165) is 35.7 Å². The van der Waals surface area contributed by atoms with Gasteiger partial charge in [-0.2, -0.15) is 0 Å². The van der Waals surface area contributed by atoms with Gasteiger partial charge in [0.15, 0.2) is 0 Å². The molecule has 2 rings (SSSR count). The first-order valence-electron chi connectivity index (χ1n) is 6.75. The van der Waals surface area contributed by atoms with Crippen LogP contribution in [0.3, 0.4) is 0 Å². The minimum absolute atomic E-state index is 0.0352. The van der Waals surface area contributed by atoms with Crippen molar-refractivity contribution >= 4 is 15.9 Å². The Kier molecular flexibility index (Phi) is 4.98. The second kappa shape index (κ2) is 6.33. The van der Waals surface area contributed by atoms with Crippen molar-refractivity contribution in [2.45, 2.75) is 43.7 Å². The third-order valence-corrected chi connectivity index (χ3v) is 4.97. The zero-order valence-electron chi connectivity index (χ0n) is 11.5. The minimum Gasteiger partial charge on any atom is -0.378 e. The molecular formula is C15H21BrFNO. The van der Waals surface area contributed by atoms with Gasteiger partial charge in [0.05, 0.1) is 5.60 Å². The van der Waals surface area contributed by atoms with Crippen molar-refractivity contribution in [2.24, 2.45) is 0 Å². The number of methoxy groups -OCH3 is 1. The van der Waals surface area contributed by atoms with Crippen molar-refractivity contribution in [1.82, 2.24) is 5.32 Å². The number of hydrogen-bond acceptors (Lipinski definition) is 2. The Labute approximate surface area is 122 Å². The van der Waals surface area contributed by atoms with Gasteiger partial charge in [0.1, 0.15) is 5.82 Å². The molecule has 0 radical (unpaired) electrons. The maximum atomic E-state index is 13.3. The molecule has 0 aliphatic heterocycles. The highest BCUT2D eigenvalue weighted by atomic mass is 79.9. The van der Waals surface area contributed by atoms with Gasteiger partial charge < -0.3 is 10.1 Å². The van der Waals surface area contributed by atoms with E-state index < -0.39 is 0 Å². The second-order valence-corrected chi connectivity index (χ2v) is 6.22. The predicted molar refractivity (Wildman–Crippen MR) is 78.9 cm³/mol. The van der Waals surface area contributed by atoms with Crippen LogP contribution in [0.5, 0.6) is 0 Å². The maximum Gasteiger partial charge on any atom is 0.123 e. The van der Waals surface area contributed by atoms with Crippen molar-refractivity contribution < 1.29 is 9.13 Å². The van der Waals surface area contributed by atoms with Crippen LogP contribution in [-0.2, 0) is 11.2 Å². The van der Waals surface area contributed by atoms with E-state index >= 15 is 0 Å². The van der Waals surface area contributed by atoms with E-state index in [1.807, 2.05) is 7.05 Å². The molecule has 1 atom stereocenters. The Balaban J connectivity index is 2.04. The van der Waals surface area contributed by atoms with Gasteiger partial charge in [-0.3, -0.25) is 0 Å². The standard InChI is InChI=1S/C15H21BrFNO/c1-18-13(10-15(19-2)6-3-7-15)9-11-8-12(17)4-5-14(11)16/h4-5,8,13,18H,3,6-7,9-10H2,1-2H3. The molecule has 1 unspecified atom stereocenters. The molecule has 4 heteroatoms. The van der Waals surface area contributed by atoms with Crippen LogP contribution in [0.4, 0.5) is 4.39 Å². The highest BCUT2D eigenvalue weighted by Gasteiger charge is 2.38. The Bertz CT molecular complexity index is 429. The fourth-order valence-electron chi connectivity index (χ4n) is 2.75. The van der Waals surface area contributed by atoms with Crippen molar-refractivity contribution in [3.05, 3.63) is 34.1 Å². The summed E-state index contributed by atoms with van der Waals surface area (Å²) in [4.78, 5) is 0. The highest BCUT2D eigenvalue weighted by molar-refractivity contribution is 9.10. The van der Waals surface area contributed by atoms with Crippen LogP contribution >= 0.6 is 15.9 Å². The molecule has 106 valence electrons. The minimum atomic E-state index is -0.182. The zero-order valence-corrected chi connectivity index (χ0v) is 13.1. The summed E-state index contributed by atoms with van der Waals surface area (Å²) in [5, 5.41) is 3.33. The van der Waals surface area contributed by atoms with Gasteiger partial charge in [-0.05, 0) is 62.9 Å². The van der Waals surface area contributed by atoms with Crippen molar-refractivity contribution in [2.75, 3.05) is 14.2 Å². The largest absolute Gasteiger partial charge is 0.378 e. The van der Waals surface area contributed by atoms with Crippen molar-refractivity contribution in [3.63, 3.8) is 0 Å². The van der Waals surface area contributed by atoms with E-state index in [-0.39, 0.29) is 11.4 Å². The van der Waals surface area contributed by atoms with E-state index in [2.05, 4.69) is 21.2 Å². The molecule has 0 heterocycles. The van der Waals surface area contributed by atoms with E-state index in [1.165, 1.54) is 12.5 Å². The number of benzene rings is 1. The van der Waals surface area contributed by atoms with Crippen LogP contribution < -0.4 is 5.32 Å². The molecular weight excluding hydrogens is 309 g/mol. The van der Waals surface area contributed by atoms with Crippen molar-refractivity contribution in [3.8, 4) is 0 Å². The average molecular weight is 330 g/mol. The van der Waals surface area contributed by atoms with E-state index in [1.54, 1.807) is 19.2 Å². The quantitative estimate of drug-likeness (QED) is 0.859. The van der Waals surface area contributed by atoms with E-state index in [9.17, 15) is 4.39 Å². The smallest absolute Gasteiger partial charge is 0.123 e. The lowest BCUT2D eigenvalue weighted by molar-refractivity contribution is -0.0830. The van der Waals surface area contributed by atoms with Gasteiger partial charge in [0.2, 0.25) is 0 Å². The molecule has 0 spiro atoms. The van der Waals surface area contributed by atoms with Crippen LogP contribution in [0.1, 0.15) is 31.2 Å².